The minimum absolute atomic E-state index is 0.195. The summed E-state index contributed by atoms with van der Waals surface area (Å²) in [5, 5.41) is 2.85. The molecule has 1 aromatic carbocycles. The van der Waals surface area contributed by atoms with E-state index in [0.717, 1.165) is 18.9 Å². The average molecular weight is 396 g/mol. The van der Waals surface area contributed by atoms with Crippen LogP contribution in [0.15, 0.2) is 42.6 Å². The Morgan fingerprint density at radius 2 is 1.76 bits per heavy atom. The van der Waals surface area contributed by atoms with Crippen LogP contribution in [0.1, 0.15) is 30.6 Å². The van der Waals surface area contributed by atoms with Gasteiger partial charge in [0.25, 0.3) is 5.91 Å². The Morgan fingerprint density at radius 3 is 2.31 bits per heavy atom. The zero-order valence-corrected chi connectivity index (χ0v) is 17.2. The molecule has 1 saturated heterocycles. The van der Waals surface area contributed by atoms with Gasteiger partial charge in [0.15, 0.2) is 0 Å². The average Bonchev–Trinajstić information content (AvgIpc) is 2.74. The Kier molecular flexibility index (Phi) is 6.69. The van der Waals surface area contributed by atoms with E-state index in [-0.39, 0.29) is 11.8 Å². The van der Waals surface area contributed by atoms with Crippen LogP contribution in [0.3, 0.4) is 0 Å². The van der Waals surface area contributed by atoms with Crippen LogP contribution in [-0.4, -0.2) is 55.0 Å². The molecule has 2 heterocycles. The zero-order chi connectivity index (χ0) is 20.8. The van der Waals surface area contributed by atoms with Crippen LogP contribution in [0, 0.1) is 5.92 Å². The lowest BCUT2D eigenvalue weighted by Crippen LogP contribution is -2.49. The molecule has 3 rings (SSSR count). The van der Waals surface area contributed by atoms with Crippen LogP contribution in [0.2, 0.25) is 0 Å². The Balaban J connectivity index is 1.53. The van der Waals surface area contributed by atoms with Gasteiger partial charge >= 0.3 is 0 Å². The molecule has 154 valence electrons. The first kappa shape index (κ1) is 20.6. The number of nitrogens with one attached hydrogen (secondary N) is 1. The number of aromatic nitrogens is 1. The van der Waals surface area contributed by atoms with E-state index < -0.39 is 0 Å². The van der Waals surface area contributed by atoms with Gasteiger partial charge in [0.1, 0.15) is 11.6 Å². The summed E-state index contributed by atoms with van der Waals surface area (Å²) in [6.07, 6.45) is 2.26. The van der Waals surface area contributed by atoms with E-state index in [2.05, 4.69) is 29.0 Å². The molecule has 0 saturated carbocycles. The number of carbonyl (C=O) groups is 2. The SMILES string of the molecule is COc1ccc(C(=O)Nc2ccc(N3CCN(C(=O)CC(C)C)CC3)nc2)cc1. The van der Waals surface area contributed by atoms with E-state index in [9.17, 15) is 9.59 Å². The molecule has 0 bridgehead atoms. The Labute approximate surface area is 171 Å². The standard InChI is InChI=1S/C22H28N4O3/c1-16(2)14-21(27)26-12-10-25(11-13-26)20-9-6-18(15-23-20)24-22(28)17-4-7-19(29-3)8-5-17/h4-9,15-16H,10-14H2,1-3H3,(H,24,28). The molecule has 0 unspecified atom stereocenters. The summed E-state index contributed by atoms with van der Waals surface area (Å²) in [4.78, 5) is 33.1. The van der Waals surface area contributed by atoms with Crippen molar-refractivity contribution in [2.24, 2.45) is 5.92 Å². The molecule has 2 aromatic rings. The molecule has 1 N–H and O–H groups in total. The number of rotatable bonds is 6. The minimum Gasteiger partial charge on any atom is -0.497 e. The van der Waals surface area contributed by atoms with Crippen molar-refractivity contribution < 1.29 is 14.3 Å². The number of hydrogen-bond acceptors (Lipinski definition) is 5. The highest BCUT2D eigenvalue weighted by Gasteiger charge is 2.22. The van der Waals surface area contributed by atoms with Crippen molar-refractivity contribution in [3.63, 3.8) is 0 Å². The van der Waals surface area contributed by atoms with E-state index in [0.29, 0.717) is 42.4 Å². The Bertz CT molecular complexity index is 826. The van der Waals surface area contributed by atoms with Crippen molar-refractivity contribution in [1.82, 2.24) is 9.88 Å². The van der Waals surface area contributed by atoms with Crippen LogP contribution in [0.5, 0.6) is 5.75 Å². The summed E-state index contributed by atoms with van der Waals surface area (Å²) in [7, 11) is 1.59. The second-order valence-electron chi connectivity index (χ2n) is 7.55. The maximum absolute atomic E-state index is 12.3. The molecule has 29 heavy (non-hydrogen) atoms. The highest BCUT2D eigenvalue weighted by Crippen LogP contribution is 2.18. The number of nitrogens with zero attached hydrogens (tertiary/aromatic N) is 3. The van der Waals surface area contributed by atoms with Gasteiger partial charge in [-0.1, -0.05) is 13.8 Å². The lowest BCUT2D eigenvalue weighted by molar-refractivity contribution is -0.132. The molecule has 0 aliphatic carbocycles. The van der Waals surface area contributed by atoms with Crippen LogP contribution < -0.4 is 15.0 Å². The molecule has 0 atom stereocenters. The molecule has 7 heteroatoms. The van der Waals surface area contributed by atoms with Crippen molar-refractivity contribution >= 4 is 23.3 Å². The quantitative estimate of drug-likeness (QED) is 0.812. The van der Waals surface area contributed by atoms with Gasteiger partial charge in [0.2, 0.25) is 5.91 Å². The zero-order valence-electron chi connectivity index (χ0n) is 17.2. The molecular formula is C22H28N4O3. The van der Waals surface area contributed by atoms with E-state index in [1.165, 1.54) is 0 Å². The number of anilines is 2. The van der Waals surface area contributed by atoms with Crippen LogP contribution in [0.4, 0.5) is 11.5 Å². The second-order valence-corrected chi connectivity index (χ2v) is 7.55. The summed E-state index contributed by atoms with van der Waals surface area (Å²) in [6, 6.07) is 10.7. The molecule has 1 aliphatic heterocycles. The smallest absolute Gasteiger partial charge is 0.255 e. The van der Waals surface area contributed by atoms with Crippen molar-refractivity contribution in [3.8, 4) is 5.75 Å². The largest absolute Gasteiger partial charge is 0.497 e. The maximum Gasteiger partial charge on any atom is 0.255 e. The first-order valence-electron chi connectivity index (χ1n) is 9.90. The third kappa shape index (κ3) is 5.47. The number of benzene rings is 1. The fraction of sp³-hybridized carbons (Fsp3) is 0.409. The maximum atomic E-state index is 12.3. The number of carbonyl (C=O) groups excluding carboxylic acids is 2. The van der Waals surface area contributed by atoms with Gasteiger partial charge in [-0.25, -0.2) is 4.98 Å². The van der Waals surface area contributed by atoms with Crippen molar-refractivity contribution in [3.05, 3.63) is 48.2 Å². The van der Waals surface area contributed by atoms with Gasteiger partial charge < -0.3 is 19.9 Å². The van der Waals surface area contributed by atoms with Gasteiger partial charge in [0.05, 0.1) is 19.0 Å². The van der Waals surface area contributed by atoms with Crippen LogP contribution in [0.25, 0.3) is 0 Å². The summed E-state index contributed by atoms with van der Waals surface area (Å²) >= 11 is 0. The predicted octanol–water partition coefficient (Wildman–Crippen LogP) is 3.04. The first-order valence-corrected chi connectivity index (χ1v) is 9.90. The van der Waals surface area contributed by atoms with Crippen LogP contribution in [-0.2, 0) is 4.79 Å². The van der Waals surface area contributed by atoms with Crippen molar-refractivity contribution in [1.29, 1.82) is 0 Å². The van der Waals surface area contributed by atoms with Gasteiger partial charge in [-0.15, -0.1) is 0 Å². The second kappa shape index (κ2) is 9.41. The number of ether oxygens (including phenoxy) is 1. The van der Waals surface area contributed by atoms with Gasteiger partial charge in [-0.05, 0) is 42.3 Å². The highest BCUT2D eigenvalue weighted by molar-refractivity contribution is 6.04. The summed E-state index contributed by atoms with van der Waals surface area (Å²) in [5.74, 6) is 1.97. The van der Waals surface area contributed by atoms with Crippen molar-refractivity contribution in [2.75, 3.05) is 43.5 Å². The van der Waals surface area contributed by atoms with Crippen molar-refractivity contribution in [2.45, 2.75) is 20.3 Å². The van der Waals surface area contributed by atoms with E-state index in [1.54, 1.807) is 37.6 Å². The number of pyridine rings is 1. The van der Waals surface area contributed by atoms with E-state index >= 15 is 0 Å². The Hall–Kier alpha value is -3.09. The number of amides is 2. The highest BCUT2D eigenvalue weighted by atomic mass is 16.5. The lowest BCUT2D eigenvalue weighted by Gasteiger charge is -2.35. The summed E-state index contributed by atoms with van der Waals surface area (Å²) in [6.45, 7) is 7.06. The minimum atomic E-state index is -0.195. The normalized spacial score (nSPS) is 14.1. The molecule has 7 nitrogen and oxygen atoms in total. The number of piperazine rings is 1. The van der Waals surface area contributed by atoms with E-state index in [1.807, 2.05) is 17.0 Å². The van der Waals surface area contributed by atoms with Gasteiger partial charge in [-0.2, -0.15) is 0 Å². The van der Waals surface area contributed by atoms with E-state index in [4.69, 9.17) is 4.74 Å². The molecule has 1 aliphatic rings. The summed E-state index contributed by atoms with van der Waals surface area (Å²) < 4.78 is 5.11. The molecule has 2 amide bonds. The van der Waals surface area contributed by atoms with Crippen LogP contribution >= 0.6 is 0 Å². The monoisotopic (exact) mass is 396 g/mol. The first-order chi connectivity index (χ1) is 14.0. The third-order valence-electron chi connectivity index (χ3n) is 4.90. The number of methoxy groups -OCH3 is 1. The number of hydrogen-bond donors (Lipinski definition) is 1. The lowest BCUT2D eigenvalue weighted by atomic mass is 10.1. The molecule has 0 spiro atoms. The fourth-order valence-corrected chi connectivity index (χ4v) is 3.26. The molecular weight excluding hydrogens is 368 g/mol. The Morgan fingerprint density at radius 1 is 1.07 bits per heavy atom. The topological polar surface area (TPSA) is 74.8 Å². The third-order valence-corrected chi connectivity index (χ3v) is 4.90. The molecule has 1 fully saturated rings. The summed E-state index contributed by atoms with van der Waals surface area (Å²) in [5.41, 5.74) is 1.19. The predicted molar refractivity (Wildman–Crippen MR) is 113 cm³/mol. The van der Waals surface area contributed by atoms with Gasteiger partial charge in [0, 0.05) is 38.2 Å². The fourth-order valence-electron chi connectivity index (χ4n) is 3.26. The molecule has 0 radical (unpaired) electrons. The molecule has 1 aromatic heterocycles. The van der Waals surface area contributed by atoms with Gasteiger partial charge in [-0.3, -0.25) is 9.59 Å².